The predicted molar refractivity (Wildman–Crippen MR) is 90.1 cm³/mol. The van der Waals surface area contributed by atoms with Crippen LogP contribution in [0.4, 0.5) is 0 Å². The van der Waals surface area contributed by atoms with E-state index < -0.39 is 0 Å². The van der Waals surface area contributed by atoms with Gasteiger partial charge in [-0.2, -0.15) is 0 Å². The topological polar surface area (TPSA) is 26.3 Å². The highest BCUT2D eigenvalue weighted by molar-refractivity contribution is 9.10. The predicted octanol–water partition coefficient (Wildman–Crippen LogP) is 5.67. The van der Waals surface area contributed by atoms with Crippen LogP contribution in [-0.4, -0.2) is 5.97 Å². The van der Waals surface area contributed by atoms with Crippen LogP contribution < -0.4 is 0 Å². The van der Waals surface area contributed by atoms with E-state index in [1.807, 2.05) is 48.5 Å². The normalized spacial score (nSPS) is 10.8. The van der Waals surface area contributed by atoms with Crippen molar-refractivity contribution in [3.8, 4) is 0 Å². The maximum atomic E-state index is 12.2. The highest BCUT2D eigenvalue weighted by Gasteiger charge is 2.18. The maximum absolute atomic E-state index is 12.2. The van der Waals surface area contributed by atoms with Gasteiger partial charge in [0.15, 0.2) is 0 Å². The third-order valence-electron chi connectivity index (χ3n) is 3.00. The summed E-state index contributed by atoms with van der Waals surface area (Å²) >= 11 is 11.0. The fourth-order valence-electron chi connectivity index (χ4n) is 1.94. The average Bonchev–Trinajstić information content (AvgIpc) is 2.84. The van der Waals surface area contributed by atoms with Crippen LogP contribution in [0.3, 0.4) is 0 Å². The van der Waals surface area contributed by atoms with Gasteiger partial charge in [0.1, 0.15) is 11.5 Å². The molecule has 0 saturated carbocycles. The van der Waals surface area contributed by atoms with Crippen molar-refractivity contribution in [3.05, 3.63) is 68.5 Å². The van der Waals surface area contributed by atoms with Crippen LogP contribution in [-0.2, 0) is 11.3 Å². The van der Waals surface area contributed by atoms with Crippen LogP contribution in [0.25, 0.3) is 10.1 Å². The number of benzene rings is 2. The minimum atomic E-state index is -0.385. The number of esters is 1. The number of thiophene rings is 1. The summed E-state index contributed by atoms with van der Waals surface area (Å²) < 4.78 is 7.31. The summed E-state index contributed by atoms with van der Waals surface area (Å²) in [5.41, 5.74) is 0.934. The molecule has 0 saturated heterocycles. The van der Waals surface area contributed by atoms with Gasteiger partial charge < -0.3 is 4.74 Å². The van der Waals surface area contributed by atoms with Crippen molar-refractivity contribution < 1.29 is 9.53 Å². The van der Waals surface area contributed by atoms with E-state index in [1.165, 1.54) is 11.3 Å². The van der Waals surface area contributed by atoms with E-state index in [0.29, 0.717) is 9.90 Å². The van der Waals surface area contributed by atoms with Gasteiger partial charge in [-0.05, 0) is 23.8 Å². The Kier molecular flexibility index (Phi) is 4.29. The molecule has 1 heterocycles. The van der Waals surface area contributed by atoms with E-state index in [2.05, 4.69) is 15.9 Å². The fraction of sp³-hybridized carbons (Fsp3) is 0.0625. The average molecular weight is 382 g/mol. The molecule has 3 rings (SSSR count). The van der Waals surface area contributed by atoms with Crippen molar-refractivity contribution in [3.63, 3.8) is 0 Å². The van der Waals surface area contributed by atoms with Crippen molar-refractivity contribution in [1.82, 2.24) is 0 Å². The Labute approximate surface area is 139 Å². The number of halogens is 2. The maximum Gasteiger partial charge on any atom is 0.350 e. The molecule has 21 heavy (non-hydrogen) atoms. The van der Waals surface area contributed by atoms with Crippen LogP contribution in [0.1, 0.15) is 15.2 Å². The monoisotopic (exact) mass is 380 g/mol. The van der Waals surface area contributed by atoms with Gasteiger partial charge in [0.2, 0.25) is 0 Å². The van der Waals surface area contributed by atoms with Crippen molar-refractivity contribution in [2.75, 3.05) is 0 Å². The standard InChI is InChI=1S/C16H10BrClO2S/c17-11-7-5-10(6-8-11)9-20-16(19)15-14(18)12-3-1-2-4-13(12)21-15/h1-8H,9H2. The Morgan fingerprint density at radius 2 is 1.86 bits per heavy atom. The lowest BCUT2D eigenvalue weighted by Gasteiger charge is -2.04. The second-order valence-corrected chi connectivity index (χ2v) is 6.79. The Balaban J connectivity index is 1.78. The first kappa shape index (κ1) is 14.6. The molecule has 0 atom stereocenters. The zero-order valence-corrected chi connectivity index (χ0v) is 14.0. The van der Waals surface area contributed by atoms with Crippen LogP contribution in [0.2, 0.25) is 5.02 Å². The van der Waals surface area contributed by atoms with E-state index in [4.69, 9.17) is 16.3 Å². The molecule has 0 bridgehead atoms. The number of ether oxygens (including phenoxy) is 1. The highest BCUT2D eigenvalue weighted by atomic mass is 79.9. The summed E-state index contributed by atoms with van der Waals surface area (Å²) in [6.07, 6.45) is 0. The Bertz CT molecular complexity index is 796. The van der Waals surface area contributed by atoms with Gasteiger partial charge in [-0.3, -0.25) is 0 Å². The second-order valence-electron chi connectivity index (χ2n) is 4.44. The van der Waals surface area contributed by atoms with Crippen molar-refractivity contribution in [2.45, 2.75) is 6.61 Å². The molecule has 0 unspecified atom stereocenters. The number of rotatable bonds is 3. The number of hydrogen-bond donors (Lipinski definition) is 0. The minimum absolute atomic E-state index is 0.233. The summed E-state index contributed by atoms with van der Waals surface area (Å²) in [6, 6.07) is 15.3. The zero-order valence-electron chi connectivity index (χ0n) is 10.8. The van der Waals surface area contributed by atoms with Gasteiger partial charge >= 0.3 is 5.97 Å². The molecular weight excluding hydrogens is 372 g/mol. The first-order chi connectivity index (χ1) is 10.1. The van der Waals surface area contributed by atoms with E-state index in [1.54, 1.807) is 0 Å². The summed E-state index contributed by atoms with van der Waals surface area (Å²) in [7, 11) is 0. The summed E-state index contributed by atoms with van der Waals surface area (Å²) in [4.78, 5) is 12.6. The molecule has 0 fully saturated rings. The lowest BCUT2D eigenvalue weighted by Crippen LogP contribution is -2.03. The van der Waals surface area contributed by atoms with Crippen molar-refractivity contribution in [1.29, 1.82) is 0 Å². The molecule has 0 amide bonds. The van der Waals surface area contributed by atoms with Gasteiger partial charge in [-0.1, -0.05) is 57.9 Å². The SMILES string of the molecule is O=C(OCc1ccc(Br)cc1)c1sc2ccccc2c1Cl. The molecule has 0 spiro atoms. The van der Waals surface area contributed by atoms with E-state index in [9.17, 15) is 4.79 Å². The lowest BCUT2D eigenvalue weighted by atomic mass is 10.2. The lowest BCUT2D eigenvalue weighted by molar-refractivity contribution is 0.0479. The van der Waals surface area contributed by atoms with Gasteiger partial charge in [0.05, 0.1) is 5.02 Å². The van der Waals surface area contributed by atoms with Crippen LogP contribution >= 0.6 is 38.9 Å². The van der Waals surface area contributed by atoms with Crippen LogP contribution in [0.15, 0.2) is 53.0 Å². The Morgan fingerprint density at radius 1 is 1.14 bits per heavy atom. The molecule has 2 nitrogen and oxygen atoms in total. The van der Waals surface area contributed by atoms with Gasteiger partial charge in [0, 0.05) is 14.6 Å². The molecule has 3 aromatic rings. The minimum Gasteiger partial charge on any atom is -0.457 e. The molecule has 1 aromatic heterocycles. The third kappa shape index (κ3) is 3.12. The number of hydrogen-bond acceptors (Lipinski definition) is 3. The smallest absolute Gasteiger partial charge is 0.350 e. The van der Waals surface area contributed by atoms with Gasteiger partial charge in [-0.15, -0.1) is 11.3 Å². The zero-order chi connectivity index (χ0) is 14.8. The first-order valence-corrected chi connectivity index (χ1v) is 8.22. The third-order valence-corrected chi connectivity index (χ3v) is 5.19. The van der Waals surface area contributed by atoms with Gasteiger partial charge in [0.25, 0.3) is 0 Å². The molecule has 0 radical (unpaired) electrons. The Morgan fingerprint density at radius 3 is 2.57 bits per heavy atom. The molecular formula is C16H10BrClO2S. The second kappa shape index (κ2) is 6.18. The molecule has 0 aliphatic rings. The quantitative estimate of drug-likeness (QED) is 0.546. The molecule has 0 aliphatic carbocycles. The largest absolute Gasteiger partial charge is 0.457 e. The van der Waals surface area contributed by atoms with Gasteiger partial charge in [-0.25, -0.2) is 4.79 Å². The molecule has 5 heteroatoms. The van der Waals surface area contributed by atoms with E-state index in [0.717, 1.165) is 20.1 Å². The summed E-state index contributed by atoms with van der Waals surface area (Å²) in [5, 5.41) is 1.36. The molecule has 0 aliphatic heterocycles. The fourth-order valence-corrected chi connectivity index (χ4v) is 3.61. The summed E-state index contributed by atoms with van der Waals surface area (Å²) in [6.45, 7) is 0.233. The van der Waals surface area contributed by atoms with E-state index >= 15 is 0 Å². The van der Waals surface area contributed by atoms with Crippen molar-refractivity contribution in [2.24, 2.45) is 0 Å². The highest BCUT2D eigenvalue weighted by Crippen LogP contribution is 2.35. The molecule has 0 N–H and O–H groups in total. The number of carbonyl (C=O) groups excluding carboxylic acids is 1. The summed E-state index contributed by atoms with van der Waals surface area (Å²) in [5.74, 6) is -0.385. The Hall–Kier alpha value is -1.36. The number of fused-ring (bicyclic) bond motifs is 1. The molecule has 2 aromatic carbocycles. The molecule has 106 valence electrons. The van der Waals surface area contributed by atoms with Crippen LogP contribution in [0, 0.1) is 0 Å². The van der Waals surface area contributed by atoms with Crippen LogP contribution in [0.5, 0.6) is 0 Å². The number of carbonyl (C=O) groups is 1. The van der Waals surface area contributed by atoms with E-state index in [-0.39, 0.29) is 12.6 Å². The van der Waals surface area contributed by atoms with Crippen molar-refractivity contribution >= 4 is 54.9 Å². The first-order valence-electron chi connectivity index (χ1n) is 6.24.